The molecule has 2 unspecified atom stereocenters. The molecule has 1 saturated heterocycles. The van der Waals surface area contributed by atoms with Crippen molar-refractivity contribution in [2.75, 3.05) is 13.1 Å². The first-order valence-corrected chi connectivity index (χ1v) is 6.61. The molecule has 16 heavy (non-hydrogen) atoms. The van der Waals surface area contributed by atoms with Gasteiger partial charge in [0.15, 0.2) is 0 Å². The predicted molar refractivity (Wildman–Crippen MR) is 66.4 cm³/mol. The van der Waals surface area contributed by atoms with E-state index in [1.54, 1.807) is 18.3 Å². The van der Waals surface area contributed by atoms with Gasteiger partial charge in [0.1, 0.15) is 0 Å². The number of likely N-dealkylation sites (tertiary alicyclic amines) is 1. The van der Waals surface area contributed by atoms with Crippen LogP contribution in [0.2, 0.25) is 0 Å². The topological polar surface area (TPSA) is 46.3 Å². The number of carbonyl (C=O) groups excluding carboxylic acids is 1. The molecule has 0 spiro atoms. The molecular formula is C12H18N2OS. The zero-order valence-electron chi connectivity index (χ0n) is 9.56. The summed E-state index contributed by atoms with van der Waals surface area (Å²) in [5, 5.41) is 4.28. The molecule has 2 atom stereocenters. The maximum absolute atomic E-state index is 11.4. The zero-order chi connectivity index (χ0) is 11.5. The number of hydrogen-bond acceptors (Lipinski definition) is 3. The van der Waals surface area contributed by atoms with Crippen molar-refractivity contribution in [2.45, 2.75) is 25.8 Å². The normalized spacial score (nSPS) is 25.8. The van der Waals surface area contributed by atoms with Crippen molar-refractivity contribution in [1.29, 1.82) is 0 Å². The molecule has 0 aromatic carbocycles. The molecule has 0 bridgehead atoms. The van der Waals surface area contributed by atoms with Crippen molar-refractivity contribution in [3.63, 3.8) is 0 Å². The van der Waals surface area contributed by atoms with E-state index in [0.29, 0.717) is 5.92 Å². The van der Waals surface area contributed by atoms with Crippen LogP contribution in [0, 0.1) is 5.92 Å². The Morgan fingerprint density at radius 1 is 1.62 bits per heavy atom. The number of hydrogen-bond donors (Lipinski definition) is 1. The Kier molecular flexibility index (Phi) is 3.61. The lowest BCUT2D eigenvalue weighted by Crippen LogP contribution is -2.49. The third-order valence-corrected chi connectivity index (χ3v) is 3.85. The molecule has 0 radical (unpaired) electrons. The van der Waals surface area contributed by atoms with Crippen LogP contribution in [0.5, 0.6) is 0 Å². The summed E-state index contributed by atoms with van der Waals surface area (Å²) < 4.78 is 0. The smallest absolute Gasteiger partial charge is 0.219 e. The largest absolute Gasteiger partial charge is 0.341 e. The van der Waals surface area contributed by atoms with E-state index in [9.17, 15) is 4.79 Å². The summed E-state index contributed by atoms with van der Waals surface area (Å²) in [6.07, 6.45) is 2.07. The van der Waals surface area contributed by atoms with E-state index >= 15 is 0 Å². The number of amides is 1. The minimum atomic E-state index is 0.140. The van der Waals surface area contributed by atoms with Crippen LogP contribution in [0.3, 0.4) is 0 Å². The zero-order valence-corrected chi connectivity index (χ0v) is 10.4. The van der Waals surface area contributed by atoms with Crippen molar-refractivity contribution in [3.8, 4) is 0 Å². The van der Waals surface area contributed by atoms with Crippen molar-refractivity contribution in [3.05, 3.63) is 22.4 Å². The van der Waals surface area contributed by atoms with Gasteiger partial charge in [-0.15, -0.1) is 0 Å². The monoisotopic (exact) mass is 238 g/mol. The minimum Gasteiger partial charge on any atom is -0.341 e. The number of carbonyl (C=O) groups is 1. The molecule has 1 aliphatic heterocycles. The van der Waals surface area contributed by atoms with Gasteiger partial charge in [-0.05, 0) is 41.1 Å². The van der Waals surface area contributed by atoms with Gasteiger partial charge < -0.3 is 10.6 Å². The first kappa shape index (κ1) is 11.6. The fraction of sp³-hybridized carbons (Fsp3) is 0.583. The van der Waals surface area contributed by atoms with Gasteiger partial charge >= 0.3 is 0 Å². The van der Waals surface area contributed by atoms with Crippen LogP contribution >= 0.6 is 11.3 Å². The molecular weight excluding hydrogens is 220 g/mol. The maximum atomic E-state index is 11.4. The average molecular weight is 238 g/mol. The Bertz CT molecular complexity index is 350. The molecule has 4 heteroatoms. The first-order valence-electron chi connectivity index (χ1n) is 5.67. The van der Waals surface area contributed by atoms with E-state index < -0.39 is 0 Å². The number of rotatable bonds is 2. The number of nitrogens with zero attached hydrogens (tertiary/aromatic N) is 1. The Hall–Kier alpha value is -0.870. The highest BCUT2D eigenvalue weighted by Gasteiger charge is 2.26. The molecule has 2 heterocycles. The molecule has 1 aliphatic rings. The molecule has 0 aliphatic carbocycles. The van der Waals surface area contributed by atoms with E-state index in [0.717, 1.165) is 25.9 Å². The highest BCUT2D eigenvalue weighted by atomic mass is 32.1. The van der Waals surface area contributed by atoms with Crippen molar-refractivity contribution in [2.24, 2.45) is 11.7 Å². The van der Waals surface area contributed by atoms with Crippen molar-refractivity contribution >= 4 is 17.2 Å². The number of thiophene rings is 1. The summed E-state index contributed by atoms with van der Waals surface area (Å²) >= 11 is 1.72. The van der Waals surface area contributed by atoms with E-state index in [1.165, 1.54) is 5.56 Å². The highest BCUT2D eigenvalue weighted by Crippen LogP contribution is 2.21. The third-order valence-electron chi connectivity index (χ3n) is 3.12. The second kappa shape index (κ2) is 4.97. The summed E-state index contributed by atoms with van der Waals surface area (Å²) in [6, 6.07) is 2.30. The van der Waals surface area contributed by atoms with Gasteiger partial charge in [-0.1, -0.05) is 0 Å². The standard InChI is InChI=1S/C12H18N2OS/c1-9(15)14-6-11(5-12(13)7-14)4-10-2-3-16-8-10/h2-3,8,11-12H,4-7,13H2,1H3. The van der Waals surface area contributed by atoms with Gasteiger partial charge in [-0.25, -0.2) is 0 Å². The molecule has 1 amide bonds. The number of nitrogens with two attached hydrogens (primary N) is 1. The van der Waals surface area contributed by atoms with Crippen LogP contribution < -0.4 is 5.73 Å². The Balaban J connectivity index is 1.97. The lowest BCUT2D eigenvalue weighted by Gasteiger charge is -2.35. The van der Waals surface area contributed by atoms with E-state index in [2.05, 4.69) is 16.8 Å². The van der Waals surface area contributed by atoms with Crippen LogP contribution in [0.4, 0.5) is 0 Å². The lowest BCUT2D eigenvalue weighted by molar-refractivity contribution is -0.130. The van der Waals surface area contributed by atoms with Crippen LogP contribution in [-0.4, -0.2) is 29.9 Å². The van der Waals surface area contributed by atoms with Crippen molar-refractivity contribution in [1.82, 2.24) is 4.90 Å². The molecule has 1 aromatic rings. The van der Waals surface area contributed by atoms with Gasteiger partial charge in [-0.2, -0.15) is 11.3 Å². The first-order chi connectivity index (χ1) is 7.65. The van der Waals surface area contributed by atoms with Crippen LogP contribution in [0.25, 0.3) is 0 Å². The van der Waals surface area contributed by atoms with Gasteiger partial charge in [-0.3, -0.25) is 4.79 Å². The van der Waals surface area contributed by atoms with Crippen LogP contribution in [0.1, 0.15) is 18.9 Å². The molecule has 0 saturated carbocycles. The summed E-state index contributed by atoms with van der Waals surface area (Å²) in [7, 11) is 0. The minimum absolute atomic E-state index is 0.140. The van der Waals surface area contributed by atoms with E-state index in [-0.39, 0.29) is 11.9 Å². The average Bonchev–Trinajstić information content (AvgIpc) is 2.69. The van der Waals surface area contributed by atoms with E-state index in [1.807, 2.05) is 4.90 Å². The quantitative estimate of drug-likeness (QED) is 0.848. The Labute approximate surface area is 100 Å². The lowest BCUT2D eigenvalue weighted by atomic mass is 9.90. The molecule has 3 nitrogen and oxygen atoms in total. The Morgan fingerprint density at radius 2 is 2.44 bits per heavy atom. The predicted octanol–water partition coefficient (Wildman–Crippen LogP) is 1.49. The molecule has 2 rings (SSSR count). The van der Waals surface area contributed by atoms with Crippen LogP contribution in [-0.2, 0) is 11.2 Å². The van der Waals surface area contributed by atoms with Crippen molar-refractivity contribution < 1.29 is 4.79 Å². The summed E-state index contributed by atoms with van der Waals surface area (Å²) in [5.74, 6) is 0.660. The Morgan fingerprint density at radius 3 is 3.06 bits per heavy atom. The highest BCUT2D eigenvalue weighted by molar-refractivity contribution is 7.07. The second-order valence-electron chi connectivity index (χ2n) is 4.62. The molecule has 2 N–H and O–H groups in total. The fourth-order valence-electron chi connectivity index (χ4n) is 2.39. The second-order valence-corrected chi connectivity index (χ2v) is 5.40. The third kappa shape index (κ3) is 2.83. The van der Waals surface area contributed by atoms with Crippen LogP contribution in [0.15, 0.2) is 16.8 Å². The van der Waals surface area contributed by atoms with Gasteiger partial charge in [0, 0.05) is 26.1 Å². The van der Waals surface area contributed by atoms with Gasteiger partial charge in [0.05, 0.1) is 0 Å². The van der Waals surface area contributed by atoms with E-state index in [4.69, 9.17) is 5.73 Å². The molecule has 1 aromatic heterocycles. The number of piperidine rings is 1. The van der Waals surface area contributed by atoms with Gasteiger partial charge in [0.2, 0.25) is 5.91 Å². The maximum Gasteiger partial charge on any atom is 0.219 e. The molecule has 88 valence electrons. The van der Waals surface area contributed by atoms with Gasteiger partial charge in [0.25, 0.3) is 0 Å². The molecule has 1 fully saturated rings. The fourth-order valence-corrected chi connectivity index (χ4v) is 3.08. The SMILES string of the molecule is CC(=O)N1CC(N)CC(Cc2ccsc2)C1. The summed E-state index contributed by atoms with van der Waals surface area (Å²) in [5.41, 5.74) is 7.36. The summed E-state index contributed by atoms with van der Waals surface area (Å²) in [6.45, 7) is 3.20. The summed E-state index contributed by atoms with van der Waals surface area (Å²) in [4.78, 5) is 13.2.